The molecule has 2 aliphatic rings. The fourth-order valence-electron chi connectivity index (χ4n) is 2.63. The Morgan fingerprint density at radius 2 is 2.33 bits per heavy atom. The predicted octanol–water partition coefficient (Wildman–Crippen LogP) is 0.836. The lowest BCUT2D eigenvalue weighted by Gasteiger charge is -2.43. The van der Waals surface area contributed by atoms with E-state index in [9.17, 15) is 4.79 Å². The van der Waals surface area contributed by atoms with Crippen LogP contribution in [0.3, 0.4) is 0 Å². The van der Waals surface area contributed by atoms with Crippen molar-refractivity contribution in [3.8, 4) is 0 Å². The monoisotopic (exact) mass is 213 g/mol. The van der Waals surface area contributed by atoms with E-state index in [0.717, 1.165) is 25.7 Å². The maximum absolute atomic E-state index is 11.4. The van der Waals surface area contributed by atoms with E-state index in [1.807, 2.05) is 6.92 Å². The molecule has 1 unspecified atom stereocenters. The molecule has 0 radical (unpaired) electrons. The average molecular weight is 213 g/mol. The Balaban J connectivity index is 1.80. The van der Waals surface area contributed by atoms with E-state index in [1.54, 1.807) is 0 Å². The summed E-state index contributed by atoms with van der Waals surface area (Å²) in [6.45, 7) is 2.89. The Labute approximate surface area is 90.1 Å². The third kappa shape index (κ3) is 2.01. The summed E-state index contributed by atoms with van der Waals surface area (Å²) in [4.78, 5) is 11.4. The van der Waals surface area contributed by atoms with E-state index in [-0.39, 0.29) is 23.6 Å². The molecule has 2 fully saturated rings. The highest BCUT2D eigenvalue weighted by atomic mass is 16.5. The summed E-state index contributed by atoms with van der Waals surface area (Å²) in [5, 5.41) is 0. The largest absolute Gasteiger partial charge is 0.466 e. The summed E-state index contributed by atoms with van der Waals surface area (Å²) in [6, 6.07) is 0. The molecule has 1 atom stereocenters. The van der Waals surface area contributed by atoms with E-state index in [4.69, 9.17) is 15.2 Å². The van der Waals surface area contributed by atoms with Gasteiger partial charge in [0.2, 0.25) is 0 Å². The Hall–Kier alpha value is -0.610. The molecule has 0 bridgehead atoms. The molecule has 2 N–H and O–H groups in total. The fourth-order valence-corrected chi connectivity index (χ4v) is 2.63. The van der Waals surface area contributed by atoms with Crippen LogP contribution in [0.5, 0.6) is 0 Å². The molecule has 1 spiro atoms. The molecule has 1 saturated heterocycles. The maximum atomic E-state index is 11.4. The molecular formula is C11H19NO3. The van der Waals surface area contributed by atoms with Crippen molar-refractivity contribution in [2.24, 2.45) is 11.7 Å². The first-order chi connectivity index (χ1) is 7.19. The Bertz CT molecular complexity index is 248. The zero-order chi connectivity index (χ0) is 10.9. The first-order valence-corrected chi connectivity index (χ1v) is 5.73. The van der Waals surface area contributed by atoms with Crippen LogP contribution in [0.2, 0.25) is 0 Å². The molecule has 1 saturated carbocycles. The molecule has 1 heterocycles. The zero-order valence-electron chi connectivity index (χ0n) is 9.20. The molecule has 1 aliphatic carbocycles. The van der Waals surface area contributed by atoms with Crippen LogP contribution in [-0.2, 0) is 14.3 Å². The van der Waals surface area contributed by atoms with Crippen LogP contribution in [0, 0.1) is 5.92 Å². The van der Waals surface area contributed by atoms with Gasteiger partial charge in [0.1, 0.15) is 0 Å². The van der Waals surface area contributed by atoms with Crippen LogP contribution in [0.4, 0.5) is 0 Å². The minimum absolute atomic E-state index is 0.0402. The van der Waals surface area contributed by atoms with Crippen LogP contribution in [0.25, 0.3) is 0 Å². The van der Waals surface area contributed by atoms with E-state index >= 15 is 0 Å². The highest BCUT2D eigenvalue weighted by molar-refractivity contribution is 5.74. The fraction of sp³-hybridized carbons (Fsp3) is 0.909. The standard InChI is InChI=1S/C11H19NO3/c1-2-14-10(13)8-5-11(6-8)4-3-9(7-12)15-11/h8-9H,2-7,12H2,1H3. The molecule has 0 aromatic carbocycles. The van der Waals surface area contributed by atoms with Crippen LogP contribution >= 0.6 is 0 Å². The second-order valence-corrected chi connectivity index (χ2v) is 4.55. The van der Waals surface area contributed by atoms with Crippen molar-refractivity contribution in [3.05, 3.63) is 0 Å². The van der Waals surface area contributed by atoms with Gasteiger partial charge in [-0.1, -0.05) is 0 Å². The number of carbonyl (C=O) groups excluding carboxylic acids is 1. The minimum Gasteiger partial charge on any atom is -0.466 e. The maximum Gasteiger partial charge on any atom is 0.309 e. The molecule has 15 heavy (non-hydrogen) atoms. The van der Waals surface area contributed by atoms with Crippen molar-refractivity contribution in [2.75, 3.05) is 13.2 Å². The number of nitrogens with two attached hydrogens (primary N) is 1. The van der Waals surface area contributed by atoms with Gasteiger partial charge in [0, 0.05) is 6.54 Å². The van der Waals surface area contributed by atoms with Gasteiger partial charge in [0.15, 0.2) is 0 Å². The number of carbonyl (C=O) groups is 1. The third-order valence-corrected chi connectivity index (χ3v) is 3.46. The summed E-state index contributed by atoms with van der Waals surface area (Å²) in [5.74, 6) is -0.00982. The summed E-state index contributed by atoms with van der Waals surface area (Å²) >= 11 is 0. The van der Waals surface area contributed by atoms with Crippen LogP contribution < -0.4 is 5.73 Å². The van der Waals surface area contributed by atoms with Crippen LogP contribution in [-0.4, -0.2) is 30.8 Å². The first-order valence-electron chi connectivity index (χ1n) is 5.73. The lowest BCUT2D eigenvalue weighted by atomic mass is 9.69. The van der Waals surface area contributed by atoms with E-state index in [2.05, 4.69) is 0 Å². The smallest absolute Gasteiger partial charge is 0.309 e. The van der Waals surface area contributed by atoms with Crippen molar-refractivity contribution >= 4 is 5.97 Å². The highest BCUT2D eigenvalue weighted by Gasteiger charge is 2.52. The van der Waals surface area contributed by atoms with Gasteiger partial charge in [-0.2, -0.15) is 0 Å². The second kappa shape index (κ2) is 4.10. The first kappa shape index (κ1) is 10.9. The molecule has 2 rings (SSSR count). The number of hydrogen-bond donors (Lipinski definition) is 1. The van der Waals surface area contributed by atoms with Crippen LogP contribution in [0.1, 0.15) is 32.6 Å². The van der Waals surface area contributed by atoms with Gasteiger partial charge in [-0.3, -0.25) is 4.79 Å². The lowest BCUT2D eigenvalue weighted by Crippen LogP contribution is -2.47. The summed E-state index contributed by atoms with van der Waals surface area (Å²) in [7, 11) is 0. The average Bonchev–Trinajstić information content (AvgIpc) is 2.59. The summed E-state index contributed by atoms with van der Waals surface area (Å²) in [5.41, 5.74) is 5.52. The second-order valence-electron chi connectivity index (χ2n) is 4.55. The van der Waals surface area contributed by atoms with Gasteiger partial charge in [-0.15, -0.1) is 0 Å². The summed E-state index contributed by atoms with van der Waals surface area (Å²) in [6.07, 6.45) is 3.93. The van der Waals surface area contributed by atoms with E-state index < -0.39 is 0 Å². The van der Waals surface area contributed by atoms with Gasteiger partial charge < -0.3 is 15.2 Å². The van der Waals surface area contributed by atoms with Gasteiger partial charge in [0.05, 0.1) is 24.2 Å². The molecule has 4 nitrogen and oxygen atoms in total. The molecule has 0 aromatic heterocycles. The van der Waals surface area contributed by atoms with E-state index in [0.29, 0.717) is 13.2 Å². The minimum atomic E-state index is -0.0667. The lowest BCUT2D eigenvalue weighted by molar-refractivity contribution is -0.170. The Morgan fingerprint density at radius 3 is 2.87 bits per heavy atom. The van der Waals surface area contributed by atoms with Gasteiger partial charge in [0.25, 0.3) is 0 Å². The quantitative estimate of drug-likeness (QED) is 0.705. The van der Waals surface area contributed by atoms with Gasteiger partial charge in [-0.05, 0) is 32.6 Å². The predicted molar refractivity (Wildman–Crippen MR) is 55.2 cm³/mol. The molecule has 0 aromatic rings. The Morgan fingerprint density at radius 1 is 1.60 bits per heavy atom. The van der Waals surface area contributed by atoms with Crippen LogP contribution in [0.15, 0.2) is 0 Å². The van der Waals surface area contributed by atoms with Crippen molar-refractivity contribution in [1.82, 2.24) is 0 Å². The number of esters is 1. The van der Waals surface area contributed by atoms with Crippen molar-refractivity contribution < 1.29 is 14.3 Å². The molecule has 0 amide bonds. The molecule has 1 aliphatic heterocycles. The number of ether oxygens (including phenoxy) is 2. The Kier molecular flexibility index (Phi) is 2.98. The summed E-state index contributed by atoms with van der Waals surface area (Å²) < 4.78 is 10.8. The van der Waals surface area contributed by atoms with E-state index in [1.165, 1.54) is 0 Å². The highest BCUT2D eigenvalue weighted by Crippen LogP contribution is 2.49. The molecular weight excluding hydrogens is 194 g/mol. The SMILES string of the molecule is CCOC(=O)C1CC2(CCC(CN)O2)C1. The molecule has 4 heteroatoms. The topological polar surface area (TPSA) is 61.5 Å². The normalized spacial score (nSPS) is 39.1. The van der Waals surface area contributed by atoms with Crippen molar-refractivity contribution in [2.45, 2.75) is 44.3 Å². The van der Waals surface area contributed by atoms with Gasteiger partial charge in [-0.25, -0.2) is 0 Å². The number of rotatable bonds is 3. The zero-order valence-corrected chi connectivity index (χ0v) is 9.20. The van der Waals surface area contributed by atoms with Gasteiger partial charge >= 0.3 is 5.97 Å². The van der Waals surface area contributed by atoms with Crippen molar-refractivity contribution in [1.29, 1.82) is 0 Å². The van der Waals surface area contributed by atoms with Crippen molar-refractivity contribution in [3.63, 3.8) is 0 Å². The number of hydrogen-bond acceptors (Lipinski definition) is 4. The molecule has 86 valence electrons. The third-order valence-electron chi connectivity index (χ3n) is 3.46.